The van der Waals surface area contributed by atoms with E-state index in [1.54, 1.807) is 0 Å². The molecule has 0 spiro atoms. The Morgan fingerprint density at radius 3 is 2.11 bits per heavy atom. The van der Waals surface area contributed by atoms with Crippen molar-refractivity contribution in [1.29, 1.82) is 0 Å². The predicted octanol–water partition coefficient (Wildman–Crippen LogP) is 3.05. The zero-order chi connectivity index (χ0) is 13.7. The predicted molar refractivity (Wildman–Crippen MR) is 69.9 cm³/mol. The van der Waals surface area contributed by atoms with Crippen molar-refractivity contribution in [3.8, 4) is 5.75 Å². The average molecular weight is 263 g/mol. The highest BCUT2D eigenvalue weighted by molar-refractivity contribution is 5.28. The molecule has 0 saturated carbocycles. The van der Waals surface area contributed by atoms with Crippen LogP contribution in [0.3, 0.4) is 0 Å². The van der Waals surface area contributed by atoms with E-state index in [9.17, 15) is 8.78 Å². The van der Waals surface area contributed by atoms with Crippen molar-refractivity contribution < 1.29 is 13.5 Å². The molecule has 0 heterocycles. The second-order valence-electron chi connectivity index (χ2n) is 4.25. The quantitative estimate of drug-likeness (QED) is 0.899. The van der Waals surface area contributed by atoms with E-state index in [4.69, 9.17) is 10.5 Å². The first-order chi connectivity index (χ1) is 9.17. The number of hydrogen-bond acceptors (Lipinski definition) is 2. The van der Waals surface area contributed by atoms with Crippen LogP contribution in [0.15, 0.2) is 42.5 Å². The van der Waals surface area contributed by atoms with Gasteiger partial charge in [-0.3, -0.25) is 0 Å². The fourth-order valence-corrected chi connectivity index (χ4v) is 1.78. The van der Waals surface area contributed by atoms with Crippen LogP contribution in [0.25, 0.3) is 0 Å². The molecule has 2 nitrogen and oxygen atoms in total. The average Bonchev–Trinajstić information content (AvgIpc) is 2.37. The summed E-state index contributed by atoms with van der Waals surface area (Å²) >= 11 is 0. The second kappa shape index (κ2) is 6.29. The smallest absolute Gasteiger partial charge is 0.126 e. The van der Waals surface area contributed by atoms with Crippen molar-refractivity contribution in [2.45, 2.75) is 13.0 Å². The molecule has 0 fully saturated rings. The minimum atomic E-state index is -0.600. The molecule has 2 aromatic rings. The first-order valence-corrected chi connectivity index (χ1v) is 6.04. The Hall–Kier alpha value is -1.94. The highest BCUT2D eigenvalue weighted by atomic mass is 19.1. The molecule has 2 N–H and O–H groups in total. The highest BCUT2D eigenvalue weighted by Crippen LogP contribution is 2.15. The standard InChI is InChI=1S/C15H15F2NO/c16-13-7-12(8-14(17)9-13)10-19-15-3-1-11(2-4-15)5-6-18/h1-4,7-9H,5-6,10,18H2. The Labute approximate surface area is 110 Å². The lowest BCUT2D eigenvalue weighted by Crippen LogP contribution is -2.02. The fraction of sp³-hybridized carbons (Fsp3) is 0.200. The molecule has 4 heteroatoms. The van der Waals surface area contributed by atoms with Gasteiger partial charge in [0.25, 0.3) is 0 Å². The summed E-state index contributed by atoms with van der Waals surface area (Å²) in [5.41, 5.74) is 7.05. The van der Waals surface area contributed by atoms with E-state index in [1.807, 2.05) is 24.3 Å². The lowest BCUT2D eigenvalue weighted by Gasteiger charge is -2.07. The first kappa shape index (κ1) is 13.5. The normalized spacial score (nSPS) is 10.5. The van der Waals surface area contributed by atoms with Crippen molar-refractivity contribution in [1.82, 2.24) is 0 Å². The van der Waals surface area contributed by atoms with Gasteiger partial charge in [0.1, 0.15) is 24.0 Å². The molecule has 0 aliphatic carbocycles. The van der Waals surface area contributed by atoms with Gasteiger partial charge < -0.3 is 10.5 Å². The monoisotopic (exact) mass is 263 g/mol. The van der Waals surface area contributed by atoms with Crippen LogP contribution in [0.5, 0.6) is 5.75 Å². The van der Waals surface area contributed by atoms with Gasteiger partial charge in [-0.1, -0.05) is 12.1 Å². The Bertz CT molecular complexity index is 520. The topological polar surface area (TPSA) is 35.2 Å². The second-order valence-corrected chi connectivity index (χ2v) is 4.25. The fourth-order valence-electron chi connectivity index (χ4n) is 1.78. The largest absolute Gasteiger partial charge is 0.489 e. The van der Waals surface area contributed by atoms with Gasteiger partial charge in [-0.15, -0.1) is 0 Å². The van der Waals surface area contributed by atoms with Crippen molar-refractivity contribution in [3.05, 3.63) is 65.2 Å². The van der Waals surface area contributed by atoms with E-state index in [1.165, 1.54) is 12.1 Å². The van der Waals surface area contributed by atoms with Gasteiger partial charge in [0, 0.05) is 6.07 Å². The van der Waals surface area contributed by atoms with E-state index < -0.39 is 11.6 Å². The maximum atomic E-state index is 13.0. The molecule has 0 atom stereocenters. The number of rotatable bonds is 5. The summed E-state index contributed by atoms with van der Waals surface area (Å²) in [5.74, 6) is -0.542. The van der Waals surface area contributed by atoms with E-state index in [-0.39, 0.29) is 6.61 Å². The van der Waals surface area contributed by atoms with Crippen molar-refractivity contribution in [2.75, 3.05) is 6.54 Å². The zero-order valence-electron chi connectivity index (χ0n) is 10.4. The lowest BCUT2D eigenvalue weighted by atomic mass is 10.1. The Morgan fingerprint density at radius 2 is 1.53 bits per heavy atom. The van der Waals surface area contributed by atoms with E-state index in [2.05, 4.69) is 0 Å². The third-order valence-corrected chi connectivity index (χ3v) is 2.68. The third-order valence-electron chi connectivity index (χ3n) is 2.68. The molecular formula is C15H15F2NO. The molecule has 0 unspecified atom stereocenters. The molecule has 100 valence electrons. The minimum absolute atomic E-state index is 0.130. The van der Waals surface area contributed by atoms with Crippen molar-refractivity contribution >= 4 is 0 Å². The van der Waals surface area contributed by atoms with Crippen LogP contribution >= 0.6 is 0 Å². The van der Waals surface area contributed by atoms with Gasteiger partial charge in [-0.25, -0.2) is 8.78 Å². The summed E-state index contributed by atoms with van der Waals surface area (Å²) in [5, 5.41) is 0. The molecular weight excluding hydrogens is 248 g/mol. The maximum absolute atomic E-state index is 13.0. The number of nitrogens with two attached hydrogens (primary N) is 1. The lowest BCUT2D eigenvalue weighted by molar-refractivity contribution is 0.304. The molecule has 2 rings (SSSR count). The van der Waals surface area contributed by atoms with Crippen LogP contribution < -0.4 is 10.5 Å². The van der Waals surface area contributed by atoms with E-state index in [0.29, 0.717) is 17.9 Å². The van der Waals surface area contributed by atoms with Gasteiger partial charge >= 0.3 is 0 Å². The summed E-state index contributed by atoms with van der Waals surface area (Å²) in [4.78, 5) is 0. The van der Waals surface area contributed by atoms with E-state index in [0.717, 1.165) is 18.1 Å². The molecule has 0 amide bonds. The number of hydrogen-bond donors (Lipinski definition) is 1. The molecule has 2 aromatic carbocycles. The number of benzene rings is 2. The molecule has 0 bridgehead atoms. The van der Waals surface area contributed by atoms with Crippen molar-refractivity contribution in [3.63, 3.8) is 0 Å². The van der Waals surface area contributed by atoms with Crippen molar-refractivity contribution in [2.24, 2.45) is 5.73 Å². The third kappa shape index (κ3) is 4.03. The Morgan fingerprint density at radius 1 is 0.895 bits per heavy atom. The minimum Gasteiger partial charge on any atom is -0.489 e. The highest BCUT2D eigenvalue weighted by Gasteiger charge is 2.02. The SMILES string of the molecule is NCCc1ccc(OCc2cc(F)cc(F)c2)cc1. The molecule has 0 saturated heterocycles. The number of halogens is 2. The van der Waals surface area contributed by atoms with Crippen LogP contribution in [0.2, 0.25) is 0 Å². The summed E-state index contributed by atoms with van der Waals surface area (Å²) < 4.78 is 31.4. The summed E-state index contributed by atoms with van der Waals surface area (Å²) in [6.07, 6.45) is 0.815. The zero-order valence-corrected chi connectivity index (χ0v) is 10.4. The van der Waals surface area contributed by atoms with Crippen LogP contribution in [0.4, 0.5) is 8.78 Å². The molecule has 0 aliphatic heterocycles. The van der Waals surface area contributed by atoms with Gasteiger partial charge in [-0.05, 0) is 48.4 Å². The molecule has 19 heavy (non-hydrogen) atoms. The number of ether oxygens (including phenoxy) is 1. The van der Waals surface area contributed by atoms with Crippen LogP contribution in [-0.2, 0) is 13.0 Å². The van der Waals surface area contributed by atoms with Crippen LogP contribution in [0, 0.1) is 11.6 Å². The van der Waals surface area contributed by atoms with Gasteiger partial charge in [-0.2, -0.15) is 0 Å². The van der Waals surface area contributed by atoms with E-state index >= 15 is 0 Å². The van der Waals surface area contributed by atoms with Gasteiger partial charge in [0.05, 0.1) is 0 Å². The first-order valence-electron chi connectivity index (χ1n) is 6.04. The maximum Gasteiger partial charge on any atom is 0.126 e. The van der Waals surface area contributed by atoms with Gasteiger partial charge in [0.2, 0.25) is 0 Å². The van der Waals surface area contributed by atoms with Crippen LogP contribution in [-0.4, -0.2) is 6.54 Å². The molecule has 0 aliphatic rings. The summed E-state index contributed by atoms with van der Waals surface area (Å²) in [6.45, 7) is 0.730. The van der Waals surface area contributed by atoms with Crippen LogP contribution in [0.1, 0.15) is 11.1 Å². The Kier molecular flexibility index (Phi) is 4.47. The summed E-state index contributed by atoms with van der Waals surface area (Å²) in [7, 11) is 0. The Balaban J connectivity index is 1.98. The molecule has 0 aromatic heterocycles. The van der Waals surface area contributed by atoms with Gasteiger partial charge in [0.15, 0.2) is 0 Å². The summed E-state index contributed by atoms with van der Waals surface area (Å²) in [6, 6.07) is 10.8. The molecule has 0 radical (unpaired) electrons.